The molecule has 2 saturated carbocycles. The summed E-state index contributed by atoms with van der Waals surface area (Å²) >= 11 is 0. The van der Waals surface area contributed by atoms with Gasteiger partial charge in [0.25, 0.3) is 11.8 Å². The average molecular weight is 341 g/mol. The SMILES string of the molecule is O=C(CN1C(=O)c2ccccc2C1=O)O[C@@H]1CC[C@H]2CCCC[C@@H]2C1. The van der Waals surface area contributed by atoms with E-state index in [4.69, 9.17) is 4.74 Å². The number of esters is 1. The molecule has 2 aliphatic carbocycles. The van der Waals surface area contributed by atoms with Crippen LogP contribution in [-0.2, 0) is 9.53 Å². The van der Waals surface area contributed by atoms with Crippen molar-refractivity contribution in [3.63, 3.8) is 0 Å². The van der Waals surface area contributed by atoms with Crippen LogP contribution in [0.15, 0.2) is 24.3 Å². The second kappa shape index (κ2) is 6.62. The van der Waals surface area contributed by atoms with Gasteiger partial charge in [-0.3, -0.25) is 19.3 Å². The fraction of sp³-hybridized carbons (Fsp3) is 0.550. The fourth-order valence-corrected chi connectivity index (χ4v) is 4.67. The molecule has 2 fully saturated rings. The normalized spacial score (nSPS) is 28.5. The minimum absolute atomic E-state index is 0.0676. The van der Waals surface area contributed by atoms with E-state index in [2.05, 4.69) is 0 Å². The summed E-state index contributed by atoms with van der Waals surface area (Å²) in [5, 5.41) is 0. The van der Waals surface area contributed by atoms with Crippen LogP contribution in [0, 0.1) is 11.8 Å². The van der Waals surface area contributed by atoms with Crippen LogP contribution in [0.4, 0.5) is 0 Å². The molecular formula is C20H23NO4. The number of carbonyl (C=O) groups is 3. The summed E-state index contributed by atoms with van der Waals surface area (Å²) in [6, 6.07) is 6.67. The summed E-state index contributed by atoms with van der Waals surface area (Å²) in [6.07, 6.45) is 8.02. The van der Waals surface area contributed by atoms with Gasteiger partial charge in [0.15, 0.2) is 0 Å². The maximum atomic E-state index is 12.3. The smallest absolute Gasteiger partial charge is 0.326 e. The van der Waals surface area contributed by atoms with Gasteiger partial charge in [0.05, 0.1) is 11.1 Å². The molecule has 4 rings (SSSR count). The molecule has 3 aliphatic rings. The van der Waals surface area contributed by atoms with Gasteiger partial charge in [-0.2, -0.15) is 0 Å². The third-order valence-electron chi connectivity index (χ3n) is 5.96. The zero-order valence-electron chi connectivity index (χ0n) is 14.3. The van der Waals surface area contributed by atoms with Crippen LogP contribution in [0.1, 0.15) is 65.7 Å². The Morgan fingerprint density at radius 2 is 1.60 bits per heavy atom. The van der Waals surface area contributed by atoms with Gasteiger partial charge in [-0.15, -0.1) is 0 Å². The molecule has 5 nitrogen and oxygen atoms in total. The van der Waals surface area contributed by atoms with E-state index in [9.17, 15) is 14.4 Å². The Bertz CT molecular complexity index is 678. The molecule has 0 radical (unpaired) electrons. The molecule has 0 bridgehead atoms. The minimum atomic E-state index is -0.478. The second-order valence-electron chi connectivity index (χ2n) is 7.47. The Morgan fingerprint density at radius 1 is 0.960 bits per heavy atom. The van der Waals surface area contributed by atoms with Crippen LogP contribution in [0.5, 0.6) is 0 Å². The predicted molar refractivity (Wildman–Crippen MR) is 91.0 cm³/mol. The molecule has 0 aromatic heterocycles. The van der Waals surface area contributed by atoms with E-state index in [1.165, 1.54) is 25.7 Å². The Kier molecular flexibility index (Phi) is 4.32. The quantitative estimate of drug-likeness (QED) is 0.626. The molecule has 1 heterocycles. The molecule has 25 heavy (non-hydrogen) atoms. The third-order valence-corrected chi connectivity index (χ3v) is 5.96. The summed E-state index contributed by atoms with van der Waals surface area (Å²) in [5.74, 6) is 0.162. The molecule has 1 aliphatic heterocycles. The molecular weight excluding hydrogens is 318 g/mol. The van der Waals surface area contributed by atoms with Crippen molar-refractivity contribution >= 4 is 17.8 Å². The van der Waals surface area contributed by atoms with Crippen molar-refractivity contribution in [2.24, 2.45) is 11.8 Å². The third kappa shape index (κ3) is 3.08. The summed E-state index contributed by atoms with van der Waals surface area (Å²) in [6.45, 7) is -0.295. The van der Waals surface area contributed by atoms with Gasteiger partial charge in [-0.1, -0.05) is 37.8 Å². The lowest BCUT2D eigenvalue weighted by Crippen LogP contribution is -2.39. The molecule has 1 aromatic rings. The summed E-state index contributed by atoms with van der Waals surface area (Å²) in [4.78, 5) is 37.9. The molecule has 0 unspecified atom stereocenters. The van der Waals surface area contributed by atoms with Gasteiger partial charge >= 0.3 is 5.97 Å². The van der Waals surface area contributed by atoms with Crippen molar-refractivity contribution in [3.05, 3.63) is 35.4 Å². The van der Waals surface area contributed by atoms with Crippen molar-refractivity contribution in [1.82, 2.24) is 4.90 Å². The van der Waals surface area contributed by atoms with Crippen molar-refractivity contribution < 1.29 is 19.1 Å². The molecule has 1 aromatic carbocycles. The van der Waals surface area contributed by atoms with E-state index in [0.29, 0.717) is 17.0 Å². The highest BCUT2D eigenvalue weighted by Crippen LogP contribution is 2.41. The Balaban J connectivity index is 1.35. The number of fused-ring (bicyclic) bond motifs is 2. The van der Waals surface area contributed by atoms with E-state index in [-0.39, 0.29) is 12.6 Å². The van der Waals surface area contributed by atoms with Gasteiger partial charge in [-0.25, -0.2) is 0 Å². The van der Waals surface area contributed by atoms with Gasteiger partial charge in [0.1, 0.15) is 12.6 Å². The van der Waals surface area contributed by atoms with E-state index < -0.39 is 17.8 Å². The summed E-state index contributed by atoms with van der Waals surface area (Å²) < 4.78 is 5.61. The number of carbonyl (C=O) groups excluding carboxylic acids is 3. The van der Waals surface area contributed by atoms with Crippen LogP contribution < -0.4 is 0 Å². The Hall–Kier alpha value is -2.17. The lowest BCUT2D eigenvalue weighted by Gasteiger charge is -2.38. The summed E-state index contributed by atoms with van der Waals surface area (Å²) in [7, 11) is 0. The number of nitrogens with zero attached hydrogens (tertiary/aromatic N) is 1. The zero-order valence-corrected chi connectivity index (χ0v) is 14.3. The lowest BCUT2D eigenvalue weighted by molar-refractivity contribution is -0.152. The van der Waals surface area contributed by atoms with Crippen LogP contribution in [0.25, 0.3) is 0 Å². The molecule has 0 saturated heterocycles. The topological polar surface area (TPSA) is 63.7 Å². The van der Waals surface area contributed by atoms with Crippen molar-refractivity contribution in [2.45, 2.75) is 51.0 Å². The minimum Gasteiger partial charge on any atom is -0.461 e. The maximum Gasteiger partial charge on any atom is 0.326 e. The fourth-order valence-electron chi connectivity index (χ4n) is 4.67. The number of rotatable bonds is 3. The number of imide groups is 1. The zero-order chi connectivity index (χ0) is 17.4. The molecule has 5 heteroatoms. The largest absolute Gasteiger partial charge is 0.461 e. The number of ether oxygens (including phenoxy) is 1. The van der Waals surface area contributed by atoms with Crippen LogP contribution in [0.2, 0.25) is 0 Å². The van der Waals surface area contributed by atoms with Gasteiger partial charge in [-0.05, 0) is 43.2 Å². The number of amides is 2. The predicted octanol–water partition coefficient (Wildman–Crippen LogP) is 3.18. The van der Waals surface area contributed by atoms with Crippen molar-refractivity contribution in [1.29, 1.82) is 0 Å². The van der Waals surface area contributed by atoms with Gasteiger partial charge in [0.2, 0.25) is 0 Å². The number of benzene rings is 1. The van der Waals surface area contributed by atoms with Gasteiger partial charge < -0.3 is 4.74 Å². The molecule has 0 spiro atoms. The molecule has 132 valence electrons. The van der Waals surface area contributed by atoms with Gasteiger partial charge in [0, 0.05) is 0 Å². The van der Waals surface area contributed by atoms with E-state index in [1.807, 2.05) is 0 Å². The van der Waals surface area contributed by atoms with Crippen LogP contribution in [0.3, 0.4) is 0 Å². The van der Waals surface area contributed by atoms with E-state index >= 15 is 0 Å². The van der Waals surface area contributed by atoms with Crippen LogP contribution in [-0.4, -0.2) is 35.3 Å². The average Bonchev–Trinajstić information content (AvgIpc) is 2.87. The lowest BCUT2D eigenvalue weighted by atomic mass is 9.70. The number of hydrogen-bond donors (Lipinski definition) is 0. The van der Waals surface area contributed by atoms with E-state index in [0.717, 1.165) is 30.1 Å². The van der Waals surface area contributed by atoms with Crippen molar-refractivity contribution in [3.8, 4) is 0 Å². The second-order valence-corrected chi connectivity index (χ2v) is 7.47. The first kappa shape index (κ1) is 16.3. The molecule has 0 N–H and O–H groups in total. The van der Waals surface area contributed by atoms with Crippen molar-refractivity contribution in [2.75, 3.05) is 6.54 Å². The first-order chi connectivity index (χ1) is 12.1. The van der Waals surface area contributed by atoms with Crippen LogP contribution >= 0.6 is 0 Å². The molecule has 2 amide bonds. The Morgan fingerprint density at radius 3 is 2.28 bits per heavy atom. The standard InChI is InChI=1S/C20H23NO4/c22-18(25-15-10-9-13-5-1-2-6-14(13)11-15)12-21-19(23)16-7-3-4-8-17(16)20(21)24/h3-4,7-8,13-15H,1-2,5-6,9-12H2/t13-,14-,15-/m1/s1. The first-order valence-corrected chi connectivity index (χ1v) is 9.28. The Labute approximate surface area is 147 Å². The number of hydrogen-bond acceptors (Lipinski definition) is 4. The highest BCUT2D eigenvalue weighted by molar-refractivity contribution is 6.22. The first-order valence-electron chi connectivity index (χ1n) is 9.28. The summed E-state index contributed by atoms with van der Waals surface area (Å²) in [5.41, 5.74) is 0.728. The molecule has 3 atom stereocenters. The highest BCUT2D eigenvalue weighted by atomic mass is 16.5. The monoisotopic (exact) mass is 341 g/mol. The maximum absolute atomic E-state index is 12.3. The highest BCUT2D eigenvalue weighted by Gasteiger charge is 2.38. The van der Waals surface area contributed by atoms with E-state index in [1.54, 1.807) is 24.3 Å².